The molecular weight excluding hydrogens is 372 g/mol. The standard InChI is InChI=1S/C17H25BrN4O2/c1-3-19-17(21-9-8-20-16(23)13-5-6-13)22-11-12-4-7-15(24-2)14(18)10-12/h4,7,10,13H,3,5-6,8-9,11H2,1-2H3,(H,20,23)(H2,19,21,22). The van der Waals surface area contributed by atoms with Crippen LogP contribution in [0.3, 0.4) is 0 Å². The maximum absolute atomic E-state index is 11.6. The van der Waals surface area contributed by atoms with Crippen LogP contribution in [-0.4, -0.2) is 38.6 Å². The summed E-state index contributed by atoms with van der Waals surface area (Å²) < 4.78 is 6.14. The van der Waals surface area contributed by atoms with E-state index in [-0.39, 0.29) is 11.8 Å². The molecule has 1 saturated carbocycles. The first-order chi connectivity index (χ1) is 11.6. The summed E-state index contributed by atoms with van der Waals surface area (Å²) in [4.78, 5) is 16.1. The van der Waals surface area contributed by atoms with Crippen LogP contribution in [0.4, 0.5) is 0 Å². The van der Waals surface area contributed by atoms with Gasteiger partial charge in [0.1, 0.15) is 5.75 Å². The third kappa shape index (κ3) is 6.03. The van der Waals surface area contributed by atoms with Gasteiger partial charge in [-0.1, -0.05) is 6.07 Å². The zero-order valence-corrected chi connectivity index (χ0v) is 15.8. The third-order valence-electron chi connectivity index (χ3n) is 3.64. The molecule has 0 saturated heterocycles. The zero-order valence-electron chi connectivity index (χ0n) is 14.2. The molecule has 0 radical (unpaired) electrons. The van der Waals surface area contributed by atoms with Crippen LogP contribution in [-0.2, 0) is 11.3 Å². The summed E-state index contributed by atoms with van der Waals surface area (Å²) in [7, 11) is 1.65. The molecule has 1 amide bonds. The number of guanidine groups is 1. The summed E-state index contributed by atoms with van der Waals surface area (Å²) in [6.07, 6.45) is 2.06. The van der Waals surface area contributed by atoms with Crippen LogP contribution in [0.25, 0.3) is 0 Å². The van der Waals surface area contributed by atoms with Gasteiger partial charge in [0.15, 0.2) is 5.96 Å². The van der Waals surface area contributed by atoms with E-state index >= 15 is 0 Å². The second kappa shape index (κ2) is 9.52. The summed E-state index contributed by atoms with van der Waals surface area (Å²) in [6, 6.07) is 5.91. The van der Waals surface area contributed by atoms with Gasteiger partial charge in [0.25, 0.3) is 0 Å². The van der Waals surface area contributed by atoms with Crippen molar-refractivity contribution in [3.8, 4) is 5.75 Å². The summed E-state index contributed by atoms with van der Waals surface area (Å²) in [5.74, 6) is 1.96. The molecule has 0 bridgehead atoms. The van der Waals surface area contributed by atoms with Gasteiger partial charge in [-0.15, -0.1) is 0 Å². The van der Waals surface area contributed by atoms with E-state index in [1.54, 1.807) is 7.11 Å². The molecule has 6 nitrogen and oxygen atoms in total. The quantitative estimate of drug-likeness (QED) is 0.357. The third-order valence-corrected chi connectivity index (χ3v) is 4.26. The van der Waals surface area contributed by atoms with E-state index in [1.165, 1.54) is 0 Å². The molecule has 2 rings (SSSR count). The van der Waals surface area contributed by atoms with Crippen molar-refractivity contribution in [1.29, 1.82) is 0 Å². The van der Waals surface area contributed by atoms with Gasteiger partial charge in [0, 0.05) is 25.6 Å². The van der Waals surface area contributed by atoms with Gasteiger partial charge < -0.3 is 20.7 Å². The number of hydrogen-bond acceptors (Lipinski definition) is 3. The van der Waals surface area contributed by atoms with Gasteiger partial charge in [0.05, 0.1) is 18.1 Å². The van der Waals surface area contributed by atoms with Crippen LogP contribution in [0.5, 0.6) is 5.75 Å². The van der Waals surface area contributed by atoms with E-state index in [4.69, 9.17) is 4.74 Å². The number of hydrogen-bond donors (Lipinski definition) is 3. The molecule has 7 heteroatoms. The lowest BCUT2D eigenvalue weighted by atomic mass is 10.2. The number of aliphatic imine (C=N–C) groups is 1. The van der Waals surface area contributed by atoms with Gasteiger partial charge in [-0.25, -0.2) is 4.99 Å². The molecule has 0 unspecified atom stereocenters. The second-order valence-electron chi connectivity index (χ2n) is 5.66. The average molecular weight is 397 g/mol. The van der Waals surface area contributed by atoms with Crippen LogP contribution in [0.2, 0.25) is 0 Å². The average Bonchev–Trinajstić information content (AvgIpc) is 3.41. The molecule has 3 N–H and O–H groups in total. The van der Waals surface area contributed by atoms with Crippen molar-refractivity contribution in [2.75, 3.05) is 26.7 Å². The minimum Gasteiger partial charge on any atom is -0.496 e. The van der Waals surface area contributed by atoms with E-state index in [0.29, 0.717) is 19.6 Å². The van der Waals surface area contributed by atoms with E-state index in [2.05, 4.69) is 36.9 Å². The number of nitrogens with one attached hydrogen (secondary N) is 3. The van der Waals surface area contributed by atoms with Crippen molar-refractivity contribution >= 4 is 27.8 Å². The van der Waals surface area contributed by atoms with Crippen LogP contribution in [0.15, 0.2) is 27.7 Å². The summed E-state index contributed by atoms with van der Waals surface area (Å²) >= 11 is 3.48. The lowest BCUT2D eigenvalue weighted by Gasteiger charge is -2.12. The second-order valence-corrected chi connectivity index (χ2v) is 6.51. The molecule has 0 atom stereocenters. The van der Waals surface area contributed by atoms with Crippen LogP contribution >= 0.6 is 15.9 Å². The molecule has 132 valence electrons. The maximum atomic E-state index is 11.6. The Morgan fingerprint density at radius 2 is 2.04 bits per heavy atom. The largest absolute Gasteiger partial charge is 0.496 e. The molecule has 0 spiro atoms. The Kier molecular flexibility index (Phi) is 7.36. The number of ether oxygens (including phenoxy) is 1. The Balaban J connectivity index is 1.80. The van der Waals surface area contributed by atoms with Crippen LogP contribution in [0.1, 0.15) is 25.3 Å². The highest BCUT2D eigenvalue weighted by molar-refractivity contribution is 9.10. The first-order valence-corrected chi connectivity index (χ1v) is 9.05. The fourth-order valence-corrected chi connectivity index (χ4v) is 2.76. The lowest BCUT2D eigenvalue weighted by molar-refractivity contribution is -0.122. The Bertz CT molecular complexity index is 588. The molecule has 0 aliphatic heterocycles. The Labute approximate surface area is 151 Å². The van der Waals surface area contributed by atoms with Gasteiger partial charge in [-0.2, -0.15) is 0 Å². The SMILES string of the molecule is CCNC(=NCc1ccc(OC)c(Br)c1)NCCNC(=O)C1CC1. The smallest absolute Gasteiger partial charge is 0.223 e. The fourth-order valence-electron chi connectivity index (χ4n) is 2.18. The number of halogens is 1. The highest BCUT2D eigenvalue weighted by Gasteiger charge is 2.28. The van der Waals surface area contributed by atoms with Crippen molar-refractivity contribution in [3.63, 3.8) is 0 Å². The maximum Gasteiger partial charge on any atom is 0.223 e. The van der Waals surface area contributed by atoms with Gasteiger partial charge in [0.2, 0.25) is 5.91 Å². The van der Waals surface area contributed by atoms with Crippen molar-refractivity contribution in [2.24, 2.45) is 10.9 Å². The van der Waals surface area contributed by atoms with Crippen molar-refractivity contribution < 1.29 is 9.53 Å². The Hall–Kier alpha value is -1.76. The van der Waals surface area contributed by atoms with Gasteiger partial charge in [-0.05, 0) is 53.4 Å². The monoisotopic (exact) mass is 396 g/mol. The summed E-state index contributed by atoms with van der Waals surface area (Å²) in [5.41, 5.74) is 1.09. The van der Waals surface area contributed by atoms with Crippen molar-refractivity contribution in [1.82, 2.24) is 16.0 Å². The van der Waals surface area contributed by atoms with Gasteiger partial charge in [-0.3, -0.25) is 4.79 Å². The molecule has 0 heterocycles. The highest BCUT2D eigenvalue weighted by atomic mass is 79.9. The van der Waals surface area contributed by atoms with Crippen LogP contribution in [0, 0.1) is 5.92 Å². The predicted molar refractivity (Wildman–Crippen MR) is 99.2 cm³/mol. The van der Waals surface area contributed by atoms with Crippen LogP contribution < -0.4 is 20.7 Å². The molecule has 1 aliphatic carbocycles. The molecule has 1 fully saturated rings. The number of carbonyl (C=O) groups excluding carboxylic acids is 1. The molecule has 1 aliphatic rings. The number of rotatable bonds is 8. The highest BCUT2D eigenvalue weighted by Crippen LogP contribution is 2.28. The number of amides is 1. The van der Waals surface area contributed by atoms with Crippen molar-refractivity contribution in [2.45, 2.75) is 26.3 Å². The zero-order chi connectivity index (χ0) is 17.4. The molecule has 24 heavy (non-hydrogen) atoms. The summed E-state index contributed by atoms with van der Waals surface area (Å²) in [5, 5.41) is 9.37. The minimum absolute atomic E-state index is 0.168. The molecule has 1 aromatic rings. The lowest BCUT2D eigenvalue weighted by Crippen LogP contribution is -2.41. The van der Waals surface area contributed by atoms with Crippen molar-refractivity contribution in [3.05, 3.63) is 28.2 Å². The first kappa shape index (κ1) is 18.6. The van der Waals surface area contributed by atoms with E-state index in [9.17, 15) is 4.79 Å². The number of methoxy groups -OCH3 is 1. The number of carbonyl (C=O) groups is 1. The molecule has 1 aromatic carbocycles. The van der Waals surface area contributed by atoms with Gasteiger partial charge >= 0.3 is 0 Å². The number of nitrogens with zero attached hydrogens (tertiary/aromatic N) is 1. The first-order valence-electron chi connectivity index (χ1n) is 8.26. The summed E-state index contributed by atoms with van der Waals surface area (Å²) in [6.45, 7) is 4.62. The molecule has 0 aromatic heterocycles. The normalized spacial score (nSPS) is 14.2. The fraction of sp³-hybridized carbons (Fsp3) is 0.529. The Morgan fingerprint density at radius 1 is 1.29 bits per heavy atom. The van der Waals surface area contributed by atoms with E-state index in [1.807, 2.05) is 25.1 Å². The van der Waals surface area contributed by atoms with E-state index in [0.717, 1.165) is 41.1 Å². The minimum atomic E-state index is 0.168. The number of benzene rings is 1. The Morgan fingerprint density at radius 3 is 2.67 bits per heavy atom. The topological polar surface area (TPSA) is 74.8 Å². The van der Waals surface area contributed by atoms with E-state index < -0.39 is 0 Å². The molecular formula is C17H25BrN4O2. The predicted octanol–water partition coefficient (Wildman–Crippen LogP) is 2.04.